The maximum absolute atomic E-state index is 13.0. The van der Waals surface area contributed by atoms with Gasteiger partial charge in [0.15, 0.2) is 0 Å². The van der Waals surface area contributed by atoms with Crippen LogP contribution in [0.4, 0.5) is 0 Å². The zero-order valence-electron chi connectivity index (χ0n) is 17.5. The molecule has 1 amide bonds. The molecule has 1 aromatic carbocycles. The van der Waals surface area contributed by atoms with Gasteiger partial charge in [0.05, 0.1) is 30.8 Å². The van der Waals surface area contributed by atoms with E-state index < -0.39 is 10.0 Å². The van der Waals surface area contributed by atoms with E-state index in [0.29, 0.717) is 31.9 Å². The molecule has 7 nitrogen and oxygen atoms in total. The van der Waals surface area contributed by atoms with Crippen LogP contribution in [-0.4, -0.2) is 49.9 Å². The Kier molecular flexibility index (Phi) is 6.38. The lowest BCUT2D eigenvalue weighted by Crippen LogP contribution is -2.40. The highest BCUT2D eigenvalue weighted by Crippen LogP contribution is 2.26. The second-order valence-electron chi connectivity index (χ2n) is 7.69. The first-order valence-electron chi connectivity index (χ1n) is 10.2. The summed E-state index contributed by atoms with van der Waals surface area (Å²) in [6.07, 6.45) is 0. The molecule has 0 radical (unpaired) electrons. The van der Waals surface area contributed by atoms with Gasteiger partial charge in [0.25, 0.3) is 15.9 Å². The van der Waals surface area contributed by atoms with Crippen LogP contribution in [0.3, 0.4) is 0 Å². The van der Waals surface area contributed by atoms with E-state index in [4.69, 9.17) is 4.74 Å². The third-order valence-corrected chi connectivity index (χ3v) is 8.65. The van der Waals surface area contributed by atoms with Gasteiger partial charge in [0.1, 0.15) is 4.21 Å². The third kappa shape index (κ3) is 4.64. The van der Waals surface area contributed by atoms with Crippen molar-refractivity contribution in [3.8, 4) is 0 Å². The summed E-state index contributed by atoms with van der Waals surface area (Å²) in [4.78, 5) is 18.4. The number of rotatable bonds is 6. The van der Waals surface area contributed by atoms with E-state index in [1.807, 2.05) is 44.2 Å². The van der Waals surface area contributed by atoms with Gasteiger partial charge < -0.3 is 10.1 Å². The predicted molar refractivity (Wildman–Crippen MR) is 121 cm³/mol. The topological polar surface area (TPSA) is 88.6 Å². The number of fused-ring (bicyclic) bond motifs is 1. The minimum Gasteiger partial charge on any atom is -0.379 e. The van der Waals surface area contributed by atoms with E-state index in [1.165, 1.54) is 15.6 Å². The molecule has 9 heteroatoms. The number of carbonyl (C=O) groups excluding carboxylic acids is 1. The number of hydrogen-bond acceptors (Lipinski definition) is 6. The largest absolute Gasteiger partial charge is 0.379 e. The number of benzene rings is 1. The number of aromatic nitrogens is 1. The molecule has 0 spiro atoms. The van der Waals surface area contributed by atoms with Crippen molar-refractivity contribution >= 4 is 38.2 Å². The van der Waals surface area contributed by atoms with Gasteiger partial charge in [-0.3, -0.25) is 9.78 Å². The van der Waals surface area contributed by atoms with E-state index in [0.717, 1.165) is 21.5 Å². The summed E-state index contributed by atoms with van der Waals surface area (Å²) in [5.74, 6) is -0.00658. The van der Waals surface area contributed by atoms with Crippen LogP contribution in [0, 0.1) is 0 Å². The molecule has 0 bridgehead atoms. The highest BCUT2D eigenvalue weighted by Gasteiger charge is 2.27. The molecule has 0 aliphatic carbocycles. The van der Waals surface area contributed by atoms with Gasteiger partial charge in [-0.2, -0.15) is 4.31 Å². The monoisotopic (exact) mass is 459 g/mol. The van der Waals surface area contributed by atoms with Gasteiger partial charge in [-0.25, -0.2) is 8.42 Å². The maximum Gasteiger partial charge on any atom is 0.252 e. The number of sulfonamides is 1. The molecule has 1 aliphatic heterocycles. The number of morpholine rings is 1. The van der Waals surface area contributed by atoms with Gasteiger partial charge >= 0.3 is 0 Å². The van der Waals surface area contributed by atoms with Crippen molar-refractivity contribution in [3.05, 3.63) is 58.6 Å². The van der Waals surface area contributed by atoms with Crippen molar-refractivity contribution < 1.29 is 17.9 Å². The Balaban J connectivity index is 1.51. The van der Waals surface area contributed by atoms with E-state index in [2.05, 4.69) is 10.3 Å². The minimum absolute atomic E-state index is 0.196. The molecule has 4 rings (SSSR count). The molecular formula is C22H25N3O4S2. The highest BCUT2D eigenvalue weighted by atomic mass is 32.2. The molecule has 0 atom stereocenters. The number of carbonyl (C=O) groups is 1. The second kappa shape index (κ2) is 9.04. The fourth-order valence-corrected chi connectivity index (χ4v) is 6.31. The molecule has 1 fully saturated rings. The van der Waals surface area contributed by atoms with Crippen LogP contribution in [0.15, 0.2) is 46.7 Å². The van der Waals surface area contributed by atoms with Crippen molar-refractivity contribution in [1.29, 1.82) is 0 Å². The highest BCUT2D eigenvalue weighted by molar-refractivity contribution is 7.91. The Morgan fingerprint density at radius 3 is 2.68 bits per heavy atom. The lowest BCUT2D eigenvalue weighted by molar-refractivity contribution is 0.0731. The second-order valence-corrected chi connectivity index (χ2v) is 11.0. The first-order chi connectivity index (χ1) is 14.9. The average molecular weight is 460 g/mol. The normalized spacial score (nSPS) is 15.5. The summed E-state index contributed by atoms with van der Waals surface area (Å²) < 4.78 is 32.6. The van der Waals surface area contributed by atoms with Crippen molar-refractivity contribution in [3.63, 3.8) is 0 Å². The zero-order valence-corrected chi connectivity index (χ0v) is 19.1. The van der Waals surface area contributed by atoms with Crippen molar-refractivity contribution in [1.82, 2.24) is 14.6 Å². The standard InChI is InChI=1S/C22H25N3O4S2/c1-15(2)20-13-18(17-5-3-4-6-19(17)24-20)22(26)23-14-16-7-8-21(30-16)31(27,28)25-9-11-29-12-10-25/h3-8,13,15H,9-12,14H2,1-2H3,(H,23,26). The maximum atomic E-state index is 13.0. The molecule has 0 unspecified atom stereocenters. The van der Waals surface area contributed by atoms with Crippen LogP contribution in [0.25, 0.3) is 10.9 Å². The van der Waals surface area contributed by atoms with Crippen LogP contribution in [0.2, 0.25) is 0 Å². The fourth-order valence-electron chi connectivity index (χ4n) is 3.45. The summed E-state index contributed by atoms with van der Waals surface area (Å²) in [6.45, 7) is 5.88. The Labute approximate surface area is 186 Å². The molecule has 3 aromatic rings. The van der Waals surface area contributed by atoms with Crippen LogP contribution < -0.4 is 5.32 Å². The number of nitrogens with one attached hydrogen (secondary N) is 1. The van der Waals surface area contributed by atoms with Gasteiger partial charge in [0.2, 0.25) is 0 Å². The fraction of sp³-hybridized carbons (Fsp3) is 0.364. The SMILES string of the molecule is CC(C)c1cc(C(=O)NCc2ccc(S(=O)(=O)N3CCOCC3)s2)c2ccccc2n1. The molecule has 31 heavy (non-hydrogen) atoms. The van der Waals surface area contributed by atoms with Crippen molar-refractivity contribution in [2.45, 2.75) is 30.5 Å². The molecule has 1 aliphatic rings. The van der Waals surface area contributed by atoms with Crippen LogP contribution in [0.1, 0.15) is 40.7 Å². The summed E-state index contributed by atoms with van der Waals surface area (Å²) >= 11 is 1.18. The number of amides is 1. The number of hydrogen-bond donors (Lipinski definition) is 1. The number of thiophene rings is 1. The van der Waals surface area contributed by atoms with Gasteiger partial charge in [-0.05, 0) is 30.2 Å². The first-order valence-corrected chi connectivity index (χ1v) is 12.5. The molecule has 1 saturated heterocycles. The summed E-state index contributed by atoms with van der Waals surface area (Å²) in [6, 6.07) is 12.8. The molecule has 164 valence electrons. The van der Waals surface area contributed by atoms with E-state index in [-0.39, 0.29) is 22.6 Å². The number of pyridine rings is 1. The van der Waals surface area contributed by atoms with Crippen LogP contribution >= 0.6 is 11.3 Å². The quantitative estimate of drug-likeness (QED) is 0.611. The number of nitrogens with zero attached hydrogens (tertiary/aromatic N) is 2. The Hall–Kier alpha value is -2.33. The third-order valence-electron chi connectivity index (χ3n) is 5.20. The molecular weight excluding hydrogens is 434 g/mol. The lowest BCUT2D eigenvalue weighted by atomic mass is 10.0. The minimum atomic E-state index is -3.53. The number of ether oxygens (including phenoxy) is 1. The summed E-state index contributed by atoms with van der Waals surface area (Å²) in [5, 5.41) is 3.73. The first kappa shape index (κ1) is 21.9. The molecule has 1 N–H and O–H groups in total. The molecule has 3 heterocycles. The Bertz CT molecular complexity index is 1200. The summed E-state index contributed by atoms with van der Waals surface area (Å²) in [5.41, 5.74) is 2.22. The van der Waals surface area contributed by atoms with Gasteiger partial charge in [-0.1, -0.05) is 32.0 Å². The summed E-state index contributed by atoms with van der Waals surface area (Å²) in [7, 11) is -3.53. The van der Waals surface area contributed by atoms with Crippen molar-refractivity contribution in [2.24, 2.45) is 0 Å². The predicted octanol–water partition coefficient (Wildman–Crippen LogP) is 3.37. The van der Waals surface area contributed by atoms with Crippen LogP contribution in [0.5, 0.6) is 0 Å². The van der Waals surface area contributed by atoms with Crippen LogP contribution in [-0.2, 0) is 21.3 Å². The van der Waals surface area contributed by atoms with E-state index in [9.17, 15) is 13.2 Å². The smallest absolute Gasteiger partial charge is 0.252 e. The molecule has 2 aromatic heterocycles. The van der Waals surface area contributed by atoms with Gasteiger partial charge in [-0.15, -0.1) is 11.3 Å². The molecule has 0 saturated carbocycles. The van der Waals surface area contributed by atoms with E-state index in [1.54, 1.807) is 12.1 Å². The van der Waals surface area contributed by atoms with Crippen molar-refractivity contribution in [2.75, 3.05) is 26.3 Å². The van der Waals surface area contributed by atoms with Gasteiger partial charge in [0, 0.05) is 29.0 Å². The Morgan fingerprint density at radius 2 is 1.94 bits per heavy atom. The zero-order chi connectivity index (χ0) is 22.0. The lowest BCUT2D eigenvalue weighted by Gasteiger charge is -2.25. The average Bonchev–Trinajstić information content (AvgIpc) is 3.27. The van der Waals surface area contributed by atoms with E-state index >= 15 is 0 Å². The number of para-hydroxylation sites is 1. The Morgan fingerprint density at radius 1 is 1.19 bits per heavy atom.